The number of nitrogens with zero attached hydrogens (tertiary/aromatic N) is 4. The average molecular weight is 318 g/mol. The number of sulfonamides is 1. The van der Waals surface area contributed by atoms with Crippen molar-refractivity contribution < 1.29 is 13.2 Å². The summed E-state index contributed by atoms with van der Waals surface area (Å²) >= 11 is 0. The second-order valence-corrected chi connectivity index (χ2v) is 6.69. The molecule has 0 radical (unpaired) electrons. The van der Waals surface area contributed by atoms with Crippen molar-refractivity contribution in [2.75, 3.05) is 50.7 Å². The summed E-state index contributed by atoms with van der Waals surface area (Å²) in [5.41, 5.74) is 0. The molecule has 0 aliphatic heterocycles. The number of nitrogens with one attached hydrogen (secondary N) is 2. The number of aromatic nitrogens is 3. The van der Waals surface area contributed by atoms with Crippen LogP contribution < -0.4 is 15.4 Å². The Morgan fingerprint density at radius 3 is 2.43 bits per heavy atom. The van der Waals surface area contributed by atoms with Crippen molar-refractivity contribution in [3.8, 4) is 6.01 Å². The maximum Gasteiger partial charge on any atom is 0.323 e. The quantitative estimate of drug-likeness (QED) is 0.655. The third-order valence-corrected chi connectivity index (χ3v) is 4.31. The summed E-state index contributed by atoms with van der Waals surface area (Å²) in [6.07, 6.45) is 0.838. The van der Waals surface area contributed by atoms with Crippen molar-refractivity contribution in [3.05, 3.63) is 0 Å². The normalized spacial score (nSPS) is 11.5. The van der Waals surface area contributed by atoms with E-state index in [2.05, 4.69) is 25.6 Å². The van der Waals surface area contributed by atoms with E-state index in [4.69, 9.17) is 4.74 Å². The molecule has 0 aliphatic carbocycles. The van der Waals surface area contributed by atoms with E-state index in [9.17, 15) is 8.42 Å². The Labute approximate surface area is 125 Å². The summed E-state index contributed by atoms with van der Waals surface area (Å²) in [5, 5.41) is 5.66. The summed E-state index contributed by atoms with van der Waals surface area (Å²) in [5.74, 6) is 0.578. The van der Waals surface area contributed by atoms with Gasteiger partial charge in [0.25, 0.3) is 0 Å². The minimum Gasteiger partial charge on any atom is -0.463 e. The highest BCUT2D eigenvalue weighted by Crippen LogP contribution is 2.11. The van der Waals surface area contributed by atoms with Crippen molar-refractivity contribution in [1.82, 2.24) is 19.3 Å². The summed E-state index contributed by atoms with van der Waals surface area (Å²) < 4.78 is 29.8. The highest BCUT2D eigenvalue weighted by atomic mass is 32.2. The van der Waals surface area contributed by atoms with E-state index in [0.717, 1.165) is 6.42 Å². The molecular weight excluding hydrogens is 296 g/mol. The first-order valence-corrected chi connectivity index (χ1v) is 8.20. The standard InChI is InChI=1S/C11H22N6O3S/c1-5-7-20-11-15-9(12-2)14-10(16-11)13-6-8-21(18,19)17(3)4/h5-8H2,1-4H3,(H2,12,13,14,15,16). The van der Waals surface area contributed by atoms with E-state index in [1.54, 1.807) is 7.05 Å². The molecule has 1 aromatic rings. The molecule has 0 saturated carbocycles. The molecule has 0 atom stereocenters. The third-order valence-electron chi connectivity index (χ3n) is 2.47. The van der Waals surface area contributed by atoms with Crippen LogP contribution in [0.5, 0.6) is 6.01 Å². The monoisotopic (exact) mass is 318 g/mol. The Morgan fingerprint density at radius 1 is 1.19 bits per heavy atom. The van der Waals surface area contributed by atoms with Gasteiger partial charge in [-0.2, -0.15) is 15.0 Å². The van der Waals surface area contributed by atoms with Gasteiger partial charge in [-0.3, -0.25) is 0 Å². The molecule has 0 aromatic carbocycles. The number of hydrogen-bond acceptors (Lipinski definition) is 8. The second-order valence-electron chi connectivity index (χ2n) is 4.39. The van der Waals surface area contributed by atoms with Gasteiger partial charge in [0.1, 0.15) is 0 Å². The van der Waals surface area contributed by atoms with Crippen molar-refractivity contribution in [1.29, 1.82) is 0 Å². The zero-order valence-electron chi connectivity index (χ0n) is 12.8. The molecule has 0 saturated heterocycles. The molecule has 120 valence electrons. The minimum atomic E-state index is -3.26. The second kappa shape index (κ2) is 7.93. The van der Waals surface area contributed by atoms with Crippen molar-refractivity contribution in [2.45, 2.75) is 13.3 Å². The molecule has 10 heteroatoms. The van der Waals surface area contributed by atoms with Gasteiger partial charge < -0.3 is 15.4 Å². The van der Waals surface area contributed by atoms with Gasteiger partial charge >= 0.3 is 6.01 Å². The van der Waals surface area contributed by atoms with Crippen LogP contribution in [0.4, 0.5) is 11.9 Å². The first-order chi connectivity index (χ1) is 9.89. The summed E-state index contributed by atoms with van der Waals surface area (Å²) in [6.45, 7) is 2.67. The van der Waals surface area contributed by atoms with Gasteiger partial charge in [-0.15, -0.1) is 0 Å². The minimum absolute atomic E-state index is 0.0499. The lowest BCUT2D eigenvalue weighted by Gasteiger charge is -2.12. The lowest BCUT2D eigenvalue weighted by molar-refractivity contribution is 0.292. The van der Waals surface area contributed by atoms with Crippen LogP contribution in [0.3, 0.4) is 0 Å². The molecule has 0 fully saturated rings. The zero-order chi connectivity index (χ0) is 15.9. The molecule has 9 nitrogen and oxygen atoms in total. The van der Waals surface area contributed by atoms with Gasteiger partial charge in [-0.25, -0.2) is 12.7 Å². The Hall–Kier alpha value is -1.68. The number of anilines is 2. The van der Waals surface area contributed by atoms with Crippen LogP contribution in [0.15, 0.2) is 0 Å². The predicted octanol–water partition coefficient (Wildman–Crippen LogP) is 0.00540. The van der Waals surface area contributed by atoms with Gasteiger partial charge in [-0.1, -0.05) is 6.92 Å². The molecule has 0 amide bonds. The van der Waals surface area contributed by atoms with Gasteiger partial charge in [0, 0.05) is 27.7 Å². The Balaban J connectivity index is 2.69. The Bertz CT molecular complexity index is 549. The molecule has 0 bridgehead atoms. The van der Waals surface area contributed by atoms with Crippen molar-refractivity contribution in [3.63, 3.8) is 0 Å². The molecule has 0 aliphatic rings. The lowest BCUT2D eigenvalue weighted by atomic mass is 10.5. The first-order valence-electron chi connectivity index (χ1n) is 6.59. The molecule has 1 heterocycles. The molecule has 0 spiro atoms. The topological polar surface area (TPSA) is 109 Å². The Morgan fingerprint density at radius 2 is 1.86 bits per heavy atom. The lowest BCUT2D eigenvalue weighted by Crippen LogP contribution is -2.28. The van der Waals surface area contributed by atoms with Crippen molar-refractivity contribution in [2.24, 2.45) is 0 Å². The van der Waals surface area contributed by atoms with Gasteiger partial charge in [0.15, 0.2) is 0 Å². The SMILES string of the molecule is CCCOc1nc(NC)nc(NCCS(=O)(=O)N(C)C)n1. The third kappa shape index (κ3) is 5.68. The van der Waals surface area contributed by atoms with Gasteiger partial charge in [0.2, 0.25) is 21.9 Å². The smallest absolute Gasteiger partial charge is 0.323 e. The van der Waals surface area contributed by atoms with Crippen molar-refractivity contribution >= 4 is 21.9 Å². The van der Waals surface area contributed by atoms with E-state index >= 15 is 0 Å². The number of hydrogen-bond donors (Lipinski definition) is 2. The van der Waals surface area contributed by atoms with E-state index in [0.29, 0.717) is 12.6 Å². The average Bonchev–Trinajstić information content (AvgIpc) is 2.44. The van der Waals surface area contributed by atoms with E-state index in [-0.39, 0.29) is 24.3 Å². The highest BCUT2D eigenvalue weighted by Gasteiger charge is 2.13. The van der Waals surface area contributed by atoms with Crippen LogP contribution in [-0.2, 0) is 10.0 Å². The van der Waals surface area contributed by atoms with Crippen LogP contribution in [0.2, 0.25) is 0 Å². The number of ether oxygens (including phenoxy) is 1. The largest absolute Gasteiger partial charge is 0.463 e. The van der Waals surface area contributed by atoms with Crippen LogP contribution in [0.25, 0.3) is 0 Å². The molecule has 2 N–H and O–H groups in total. The molecule has 1 rings (SSSR count). The van der Waals surface area contributed by atoms with E-state index < -0.39 is 10.0 Å². The maximum atomic E-state index is 11.6. The molecule has 1 aromatic heterocycles. The highest BCUT2D eigenvalue weighted by molar-refractivity contribution is 7.89. The fourth-order valence-electron chi connectivity index (χ4n) is 1.28. The summed E-state index contributed by atoms with van der Waals surface area (Å²) in [7, 11) is 1.41. The van der Waals surface area contributed by atoms with Gasteiger partial charge in [-0.05, 0) is 6.42 Å². The predicted molar refractivity (Wildman–Crippen MR) is 81.1 cm³/mol. The number of rotatable bonds is 9. The van der Waals surface area contributed by atoms with Crippen LogP contribution in [0, 0.1) is 0 Å². The zero-order valence-corrected chi connectivity index (χ0v) is 13.6. The molecular formula is C11H22N6O3S. The molecule has 0 unspecified atom stereocenters. The maximum absolute atomic E-state index is 11.6. The van der Waals surface area contributed by atoms with Crippen LogP contribution >= 0.6 is 0 Å². The van der Waals surface area contributed by atoms with E-state index in [1.165, 1.54) is 18.4 Å². The Kier molecular flexibility index (Phi) is 6.56. The first kappa shape index (κ1) is 17.4. The fourth-order valence-corrected chi connectivity index (χ4v) is 2.00. The van der Waals surface area contributed by atoms with Crippen LogP contribution in [0.1, 0.15) is 13.3 Å². The van der Waals surface area contributed by atoms with Gasteiger partial charge in [0.05, 0.1) is 12.4 Å². The summed E-state index contributed by atoms with van der Waals surface area (Å²) in [6, 6.07) is 0.203. The van der Waals surface area contributed by atoms with E-state index in [1.807, 2.05) is 6.92 Å². The summed E-state index contributed by atoms with van der Waals surface area (Å²) in [4.78, 5) is 12.2. The van der Waals surface area contributed by atoms with Crippen LogP contribution in [-0.4, -0.2) is 67.7 Å². The fraction of sp³-hybridized carbons (Fsp3) is 0.727. The molecule has 21 heavy (non-hydrogen) atoms.